The van der Waals surface area contributed by atoms with Gasteiger partial charge >= 0.3 is 0 Å². The van der Waals surface area contributed by atoms with Crippen LogP contribution in [0.5, 0.6) is 0 Å². The average Bonchev–Trinajstić information content (AvgIpc) is 3.17. The molecule has 3 rings (SSSR count). The van der Waals surface area contributed by atoms with Crippen LogP contribution in [-0.2, 0) is 17.9 Å². The summed E-state index contributed by atoms with van der Waals surface area (Å²) in [7, 11) is 0. The molecule has 2 aromatic carbocycles. The number of aromatic nitrogens is 2. The number of rotatable bonds is 11. The minimum atomic E-state index is -0.608. The maximum absolute atomic E-state index is 14.1. The first-order valence-corrected chi connectivity index (χ1v) is 11.0. The van der Waals surface area contributed by atoms with E-state index in [0.29, 0.717) is 30.5 Å². The molecule has 4 N–H and O–H groups in total. The van der Waals surface area contributed by atoms with Crippen molar-refractivity contribution in [2.24, 2.45) is 5.73 Å². The van der Waals surface area contributed by atoms with Crippen molar-refractivity contribution in [1.82, 2.24) is 20.0 Å². The van der Waals surface area contributed by atoms with E-state index in [9.17, 15) is 19.1 Å². The van der Waals surface area contributed by atoms with E-state index in [1.807, 2.05) is 30.0 Å². The third-order valence-corrected chi connectivity index (χ3v) is 5.81. The van der Waals surface area contributed by atoms with Gasteiger partial charge in [-0.15, -0.1) is 0 Å². The Morgan fingerprint density at radius 2 is 2.03 bits per heavy atom. The van der Waals surface area contributed by atoms with Gasteiger partial charge in [-0.05, 0) is 25.5 Å². The molecule has 0 spiro atoms. The summed E-state index contributed by atoms with van der Waals surface area (Å²) in [5.74, 6) is -1.45. The number of hydrogen-bond acceptors (Lipinski definition) is 5. The van der Waals surface area contributed by atoms with Crippen LogP contribution in [0.4, 0.5) is 4.39 Å². The number of carbonyl (C=O) groups excluding carboxylic acids is 2. The molecular formula is C23H27ClFN5O3. The zero-order valence-electron chi connectivity index (χ0n) is 18.3. The highest BCUT2D eigenvalue weighted by atomic mass is 35.5. The molecule has 2 amide bonds. The standard InChI is InChI=1S/C23H27ClFN5O3/c1-15(9-12-31)29(14-20(32)27-13-16-5-4-7-18(24)21(16)25)10-11-30-19-8-3-2-6-17(19)22(28-30)23(26)33/h2-8,15,31H,9-14H2,1H3,(H2,26,33)(H,27,32). The second kappa shape index (κ2) is 11.2. The lowest BCUT2D eigenvalue weighted by Gasteiger charge is -2.28. The monoisotopic (exact) mass is 475 g/mol. The second-order valence-electron chi connectivity index (χ2n) is 7.77. The van der Waals surface area contributed by atoms with Crippen LogP contribution in [0.2, 0.25) is 5.02 Å². The quantitative estimate of drug-likeness (QED) is 0.394. The van der Waals surface area contributed by atoms with Gasteiger partial charge in [-0.3, -0.25) is 19.2 Å². The zero-order valence-corrected chi connectivity index (χ0v) is 19.1. The molecule has 3 aromatic rings. The molecule has 0 radical (unpaired) electrons. The minimum absolute atomic E-state index is 0.00160. The molecular weight excluding hydrogens is 449 g/mol. The predicted octanol–water partition coefficient (Wildman–Crippen LogP) is 2.32. The molecule has 1 unspecified atom stereocenters. The van der Waals surface area contributed by atoms with Crippen LogP contribution in [0.15, 0.2) is 42.5 Å². The molecule has 1 aromatic heterocycles. The van der Waals surface area contributed by atoms with Crippen LogP contribution in [0.25, 0.3) is 10.9 Å². The number of primary amides is 1. The normalized spacial score (nSPS) is 12.3. The zero-order chi connectivity index (χ0) is 24.0. The minimum Gasteiger partial charge on any atom is -0.396 e. The molecule has 33 heavy (non-hydrogen) atoms. The average molecular weight is 476 g/mol. The van der Waals surface area contributed by atoms with E-state index in [-0.39, 0.29) is 42.4 Å². The SMILES string of the molecule is CC(CCO)N(CCn1nc(C(N)=O)c2ccccc21)CC(=O)NCc1cccc(Cl)c1F. The van der Waals surface area contributed by atoms with Gasteiger partial charge in [0.25, 0.3) is 5.91 Å². The van der Waals surface area contributed by atoms with Crippen LogP contribution in [0.3, 0.4) is 0 Å². The van der Waals surface area contributed by atoms with E-state index in [1.54, 1.807) is 22.9 Å². The number of carbonyl (C=O) groups is 2. The third-order valence-electron chi connectivity index (χ3n) is 5.51. The number of amides is 2. The second-order valence-corrected chi connectivity index (χ2v) is 8.18. The van der Waals surface area contributed by atoms with Crippen molar-refractivity contribution in [3.63, 3.8) is 0 Å². The summed E-state index contributed by atoms with van der Waals surface area (Å²) >= 11 is 5.80. The van der Waals surface area contributed by atoms with Crippen LogP contribution in [-0.4, -0.2) is 57.3 Å². The topological polar surface area (TPSA) is 113 Å². The number of nitrogens with one attached hydrogen (secondary N) is 1. The summed E-state index contributed by atoms with van der Waals surface area (Å²) in [4.78, 5) is 26.3. The van der Waals surface area contributed by atoms with Gasteiger partial charge in [-0.1, -0.05) is 41.9 Å². The molecule has 1 heterocycles. The Morgan fingerprint density at radius 3 is 2.76 bits per heavy atom. The maximum Gasteiger partial charge on any atom is 0.269 e. The lowest BCUT2D eigenvalue weighted by molar-refractivity contribution is -0.123. The highest BCUT2D eigenvalue weighted by Gasteiger charge is 2.20. The summed E-state index contributed by atoms with van der Waals surface area (Å²) in [6.07, 6.45) is 0.475. The number of para-hydroxylation sites is 1. The van der Waals surface area contributed by atoms with Gasteiger partial charge in [0.2, 0.25) is 5.91 Å². The highest BCUT2D eigenvalue weighted by Crippen LogP contribution is 2.19. The first kappa shape index (κ1) is 24.6. The molecule has 0 saturated carbocycles. The van der Waals surface area contributed by atoms with Crippen molar-refractivity contribution < 1.29 is 19.1 Å². The van der Waals surface area contributed by atoms with E-state index in [1.165, 1.54) is 6.07 Å². The Hall–Kier alpha value is -3.01. The summed E-state index contributed by atoms with van der Waals surface area (Å²) in [6, 6.07) is 11.8. The lowest BCUT2D eigenvalue weighted by atomic mass is 10.2. The summed E-state index contributed by atoms with van der Waals surface area (Å²) in [6.45, 7) is 2.79. The number of aliphatic hydroxyl groups excluding tert-OH is 1. The largest absolute Gasteiger partial charge is 0.396 e. The van der Waals surface area contributed by atoms with E-state index in [4.69, 9.17) is 17.3 Å². The van der Waals surface area contributed by atoms with Crippen molar-refractivity contribution >= 4 is 34.3 Å². The maximum atomic E-state index is 14.1. The molecule has 8 nitrogen and oxygen atoms in total. The van der Waals surface area contributed by atoms with Gasteiger partial charge < -0.3 is 16.2 Å². The Balaban J connectivity index is 1.69. The molecule has 1 atom stereocenters. The van der Waals surface area contributed by atoms with E-state index < -0.39 is 11.7 Å². The summed E-state index contributed by atoms with van der Waals surface area (Å²) in [5, 5.41) is 17.1. The summed E-state index contributed by atoms with van der Waals surface area (Å²) in [5.41, 5.74) is 6.72. The fraction of sp³-hybridized carbons (Fsp3) is 0.348. The third kappa shape index (κ3) is 6.07. The molecule has 0 aliphatic heterocycles. The Labute approximate surface area is 196 Å². The van der Waals surface area contributed by atoms with E-state index >= 15 is 0 Å². The van der Waals surface area contributed by atoms with E-state index in [2.05, 4.69) is 10.4 Å². The number of benzene rings is 2. The lowest BCUT2D eigenvalue weighted by Crippen LogP contribution is -2.43. The number of aliphatic hydroxyl groups is 1. The molecule has 176 valence electrons. The van der Waals surface area contributed by atoms with Gasteiger partial charge in [-0.25, -0.2) is 4.39 Å². The van der Waals surface area contributed by atoms with Crippen LogP contribution >= 0.6 is 11.6 Å². The Kier molecular flexibility index (Phi) is 8.37. The van der Waals surface area contributed by atoms with Gasteiger partial charge in [0.15, 0.2) is 5.69 Å². The number of hydrogen-bond donors (Lipinski definition) is 3. The van der Waals surface area contributed by atoms with Gasteiger partial charge in [0, 0.05) is 36.7 Å². The van der Waals surface area contributed by atoms with Gasteiger partial charge in [0.1, 0.15) is 5.82 Å². The highest BCUT2D eigenvalue weighted by molar-refractivity contribution is 6.30. The van der Waals surface area contributed by atoms with Crippen molar-refractivity contribution in [3.8, 4) is 0 Å². The summed E-state index contributed by atoms with van der Waals surface area (Å²) < 4.78 is 15.8. The fourth-order valence-corrected chi connectivity index (χ4v) is 3.84. The molecule has 0 fully saturated rings. The van der Waals surface area contributed by atoms with Crippen molar-refractivity contribution in [3.05, 3.63) is 64.6 Å². The molecule has 0 aliphatic rings. The molecule has 0 saturated heterocycles. The number of nitrogens with two attached hydrogens (primary N) is 1. The number of nitrogens with zero attached hydrogens (tertiary/aromatic N) is 3. The van der Waals surface area contributed by atoms with Crippen molar-refractivity contribution in [2.75, 3.05) is 19.7 Å². The van der Waals surface area contributed by atoms with Crippen molar-refractivity contribution in [2.45, 2.75) is 32.5 Å². The van der Waals surface area contributed by atoms with Crippen LogP contribution in [0.1, 0.15) is 29.4 Å². The predicted molar refractivity (Wildman–Crippen MR) is 124 cm³/mol. The van der Waals surface area contributed by atoms with Crippen molar-refractivity contribution in [1.29, 1.82) is 0 Å². The Morgan fingerprint density at radius 1 is 1.27 bits per heavy atom. The van der Waals surface area contributed by atoms with Crippen LogP contribution < -0.4 is 11.1 Å². The van der Waals surface area contributed by atoms with E-state index in [0.717, 1.165) is 5.52 Å². The van der Waals surface area contributed by atoms with Gasteiger partial charge in [0.05, 0.1) is 23.6 Å². The number of halogens is 2. The smallest absolute Gasteiger partial charge is 0.269 e. The fourth-order valence-electron chi connectivity index (χ4n) is 3.65. The number of fused-ring (bicyclic) bond motifs is 1. The molecule has 0 aliphatic carbocycles. The first-order chi connectivity index (χ1) is 15.8. The molecule has 10 heteroatoms. The Bertz CT molecular complexity index is 1140. The van der Waals surface area contributed by atoms with Gasteiger partial charge in [-0.2, -0.15) is 5.10 Å². The van der Waals surface area contributed by atoms with Crippen LogP contribution in [0, 0.1) is 5.82 Å². The first-order valence-electron chi connectivity index (χ1n) is 10.6. The molecule has 0 bridgehead atoms.